The second kappa shape index (κ2) is 11.2. The van der Waals surface area contributed by atoms with E-state index < -0.39 is 0 Å². The Morgan fingerprint density at radius 1 is 0.793 bits per heavy atom. The number of aryl methyl sites for hydroxylation is 1. The van der Waals surface area contributed by atoms with Gasteiger partial charge in [0, 0.05) is 11.6 Å². The fourth-order valence-electron chi connectivity index (χ4n) is 3.83. The Hall–Kier alpha value is -2.10. The van der Waals surface area contributed by atoms with Gasteiger partial charge in [-0.2, -0.15) is 0 Å². The van der Waals surface area contributed by atoms with E-state index in [9.17, 15) is 4.39 Å². The van der Waals surface area contributed by atoms with Crippen molar-refractivity contribution in [2.45, 2.75) is 78.1 Å². The number of benzene rings is 1. The van der Waals surface area contributed by atoms with Crippen LogP contribution in [0, 0.1) is 5.82 Å². The Kier molecular flexibility index (Phi) is 8.33. The molecule has 0 aliphatic heterocycles. The van der Waals surface area contributed by atoms with Crippen molar-refractivity contribution in [3.05, 3.63) is 41.3 Å². The summed E-state index contributed by atoms with van der Waals surface area (Å²) in [5, 5.41) is 0. The second-order valence-corrected chi connectivity index (χ2v) is 7.87. The number of unbranched alkanes of at least 4 members (excludes halogenated alkanes) is 6. The van der Waals surface area contributed by atoms with E-state index in [2.05, 4.69) is 13.8 Å². The van der Waals surface area contributed by atoms with Gasteiger partial charge < -0.3 is 9.47 Å². The minimum Gasteiger partial charge on any atom is -0.491 e. The van der Waals surface area contributed by atoms with Gasteiger partial charge in [-0.05, 0) is 48.9 Å². The summed E-state index contributed by atoms with van der Waals surface area (Å²) in [6.45, 7) is 5.60. The van der Waals surface area contributed by atoms with Crippen LogP contribution in [-0.4, -0.2) is 18.2 Å². The first-order valence-corrected chi connectivity index (χ1v) is 11.3. The molecule has 1 aromatic carbocycles. The molecular formula is C25H34FNO2. The molecule has 0 spiro atoms. The molecule has 158 valence electrons. The van der Waals surface area contributed by atoms with Crippen molar-refractivity contribution in [2.75, 3.05) is 13.2 Å². The molecule has 1 heterocycles. The highest BCUT2D eigenvalue weighted by atomic mass is 19.1. The summed E-state index contributed by atoms with van der Waals surface area (Å²) in [7, 11) is 0. The van der Waals surface area contributed by atoms with E-state index in [1.54, 1.807) is 6.07 Å². The number of fused-ring (bicyclic) bond motifs is 3. The van der Waals surface area contributed by atoms with Crippen molar-refractivity contribution < 1.29 is 13.9 Å². The number of aromatic nitrogens is 1. The summed E-state index contributed by atoms with van der Waals surface area (Å²) in [5.41, 5.74) is 3.68. The first-order chi connectivity index (χ1) is 14.2. The average Bonchev–Trinajstić information content (AvgIpc) is 2.74. The van der Waals surface area contributed by atoms with Crippen molar-refractivity contribution in [2.24, 2.45) is 0 Å². The summed E-state index contributed by atoms with van der Waals surface area (Å²) in [5.74, 6) is 0.834. The van der Waals surface area contributed by atoms with E-state index in [1.807, 2.05) is 18.2 Å². The van der Waals surface area contributed by atoms with E-state index in [4.69, 9.17) is 14.5 Å². The monoisotopic (exact) mass is 399 g/mol. The molecule has 1 aliphatic carbocycles. The molecule has 0 unspecified atom stereocenters. The standard InChI is InChI=1S/C25H34FNO2/c1-3-5-7-8-9-10-18-29-24-16-13-20-19-12-15-23(28-17-6-4-2)25(26)21(19)11-14-22(20)27-24/h12-13,15-16H,3-11,14,17-18H2,1-2H3. The van der Waals surface area contributed by atoms with Gasteiger partial charge in [-0.3, -0.25) is 0 Å². The van der Waals surface area contributed by atoms with Gasteiger partial charge in [-0.1, -0.05) is 58.4 Å². The van der Waals surface area contributed by atoms with Crippen molar-refractivity contribution in [3.63, 3.8) is 0 Å². The Labute approximate surface area is 174 Å². The molecule has 0 N–H and O–H groups in total. The molecule has 4 heteroatoms. The highest BCUT2D eigenvalue weighted by Crippen LogP contribution is 2.38. The fraction of sp³-hybridized carbons (Fsp3) is 0.560. The van der Waals surface area contributed by atoms with Crippen LogP contribution in [-0.2, 0) is 12.8 Å². The Bertz CT molecular complexity index is 791. The van der Waals surface area contributed by atoms with E-state index in [0.717, 1.165) is 48.1 Å². The van der Waals surface area contributed by atoms with E-state index >= 15 is 0 Å². The van der Waals surface area contributed by atoms with Crippen LogP contribution >= 0.6 is 0 Å². The molecule has 0 saturated heterocycles. The molecule has 0 bridgehead atoms. The first-order valence-electron chi connectivity index (χ1n) is 11.3. The molecule has 3 rings (SSSR count). The molecule has 29 heavy (non-hydrogen) atoms. The molecule has 0 saturated carbocycles. The maximum Gasteiger partial charge on any atom is 0.213 e. The van der Waals surface area contributed by atoms with Gasteiger partial charge >= 0.3 is 0 Å². The third kappa shape index (κ3) is 5.71. The summed E-state index contributed by atoms with van der Waals surface area (Å²) in [6, 6.07) is 7.65. The number of nitrogens with zero attached hydrogens (tertiary/aromatic N) is 1. The van der Waals surface area contributed by atoms with Crippen LogP contribution in [0.1, 0.15) is 76.5 Å². The highest BCUT2D eigenvalue weighted by molar-refractivity contribution is 5.73. The fourth-order valence-corrected chi connectivity index (χ4v) is 3.83. The second-order valence-electron chi connectivity index (χ2n) is 7.87. The molecule has 0 fully saturated rings. The normalized spacial score (nSPS) is 12.4. The predicted molar refractivity (Wildman–Crippen MR) is 116 cm³/mol. The van der Waals surface area contributed by atoms with Crippen LogP contribution in [0.3, 0.4) is 0 Å². The van der Waals surface area contributed by atoms with E-state index in [-0.39, 0.29) is 5.82 Å². The number of hydrogen-bond acceptors (Lipinski definition) is 3. The van der Waals surface area contributed by atoms with Crippen molar-refractivity contribution in [1.82, 2.24) is 4.98 Å². The van der Waals surface area contributed by atoms with Crippen LogP contribution in [0.2, 0.25) is 0 Å². The van der Waals surface area contributed by atoms with Gasteiger partial charge in [0.25, 0.3) is 0 Å². The molecule has 3 nitrogen and oxygen atoms in total. The Balaban J connectivity index is 1.61. The van der Waals surface area contributed by atoms with Crippen LogP contribution in [0.15, 0.2) is 24.3 Å². The molecule has 0 amide bonds. The number of rotatable bonds is 12. The zero-order valence-electron chi connectivity index (χ0n) is 17.9. The van der Waals surface area contributed by atoms with Gasteiger partial charge in [-0.15, -0.1) is 0 Å². The van der Waals surface area contributed by atoms with Crippen molar-refractivity contribution in [3.8, 4) is 22.8 Å². The highest BCUT2D eigenvalue weighted by Gasteiger charge is 2.23. The predicted octanol–water partition coefficient (Wildman–Crippen LogP) is 6.90. The number of pyridine rings is 1. The Morgan fingerprint density at radius 3 is 2.34 bits per heavy atom. The molecular weight excluding hydrogens is 365 g/mol. The van der Waals surface area contributed by atoms with Gasteiger partial charge in [0.2, 0.25) is 5.88 Å². The molecule has 0 radical (unpaired) electrons. The first kappa shape index (κ1) is 21.6. The summed E-state index contributed by atoms with van der Waals surface area (Å²) in [6.07, 6.45) is 10.8. The summed E-state index contributed by atoms with van der Waals surface area (Å²) < 4.78 is 26.4. The van der Waals surface area contributed by atoms with Gasteiger partial charge in [0.15, 0.2) is 11.6 Å². The third-order valence-corrected chi connectivity index (χ3v) is 5.56. The number of halogens is 1. The quantitative estimate of drug-likeness (QED) is 0.364. The minimum atomic E-state index is -0.215. The van der Waals surface area contributed by atoms with Crippen LogP contribution in [0.25, 0.3) is 11.1 Å². The maximum absolute atomic E-state index is 14.9. The SMILES string of the molecule is CCCCCCCCOc1ccc2c(n1)CCc1c-2ccc(OCCCC)c1F. The number of ether oxygens (including phenoxy) is 2. The van der Waals surface area contributed by atoms with Crippen LogP contribution < -0.4 is 9.47 Å². The average molecular weight is 400 g/mol. The minimum absolute atomic E-state index is 0.215. The molecule has 2 aromatic rings. The van der Waals surface area contributed by atoms with Crippen LogP contribution in [0.5, 0.6) is 11.6 Å². The zero-order valence-corrected chi connectivity index (χ0v) is 17.9. The lowest BCUT2D eigenvalue weighted by atomic mass is 9.88. The summed E-state index contributed by atoms with van der Waals surface area (Å²) >= 11 is 0. The van der Waals surface area contributed by atoms with E-state index in [1.165, 1.54) is 32.1 Å². The number of hydrogen-bond donors (Lipinski definition) is 0. The maximum atomic E-state index is 14.9. The third-order valence-electron chi connectivity index (χ3n) is 5.56. The molecule has 1 aromatic heterocycles. The van der Waals surface area contributed by atoms with Gasteiger partial charge in [-0.25, -0.2) is 9.37 Å². The topological polar surface area (TPSA) is 31.4 Å². The van der Waals surface area contributed by atoms with Gasteiger partial charge in [0.1, 0.15) is 0 Å². The van der Waals surface area contributed by atoms with Crippen molar-refractivity contribution in [1.29, 1.82) is 0 Å². The lowest BCUT2D eigenvalue weighted by Crippen LogP contribution is -2.11. The zero-order chi connectivity index (χ0) is 20.5. The van der Waals surface area contributed by atoms with Crippen molar-refractivity contribution >= 4 is 0 Å². The smallest absolute Gasteiger partial charge is 0.213 e. The summed E-state index contributed by atoms with van der Waals surface area (Å²) in [4.78, 5) is 4.70. The Morgan fingerprint density at radius 2 is 1.52 bits per heavy atom. The molecule has 0 atom stereocenters. The van der Waals surface area contributed by atoms with E-state index in [0.29, 0.717) is 31.3 Å². The largest absolute Gasteiger partial charge is 0.491 e. The lowest BCUT2D eigenvalue weighted by molar-refractivity contribution is 0.291. The van der Waals surface area contributed by atoms with Crippen LogP contribution in [0.4, 0.5) is 4.39 Å². The van der Waals surface area contributed by atoms with Gasteiger partial charge in [0.05, 0.1) is 18.9 Å². The molecule has 1 aliphatic rings. The lowest BCUT2D eigenvalue weighted by Gasteiger charge is -2.21.